The lowest BCUT2D eigenvalue weighted by Gasteiger charge is -2.36. The van der Waals surface area contributed by atoms with Gasteiger partial charge in [-0.15, -0.1) is 0 Å². The van der Waals surface area contributed by atoms with Gasteiger partial charge in [0.15, 0.2) is 0 Å². The Morgan fingerprint density at radius 1 is 1.23 bits per heavy atom. The number of rotatable bonds is 2. The van der Waals surface area contributed by atoms with Crippen molar-refractivity contribution in [2.45, 2.75) is 12.8 Å². The number of ether oxygens (including phenoxy) is 1. The van der Waals surface area contributed by atoms with Gasteiger partial charge >= 0.3 is 0 Å². The Kier molecular flexibility index (Phi) is 4.54. The molecule has 0 atom stereocenters. The number of aromatic nitrogens is 1. The van der Waals surface area contributed by atoms with E-state index in [4.69, 9.17) is 10.00 Å². The van der Waals surface area contributed by atoms with Gasteiger partial charge in [-0.25, -0.2) is 4.98 Å². The summed E-state index contributed by atoms with van der Waals surface area (Å²) in [6, 6.07) is 5.74. The highest BCUT2D eigenvalue weighted by molar-refractivity contribution is 5.79. The summed E-state index contributed by atoms with van der Waals surface area (Å²) in [7, 11) is 0. The Bertz CT molecular complexity index is 553. The van der Waals surface area contributed by atoms with Crippen LogP contribution in [0.15, 0.2) is 18.3 Å². The van der Waals surface area contributed by atoms with E-state index in [0.717, 1.165) is 44.8 Å². The molecule has 0 aliphatic carbocycles. The quantitative estimate of drug-likeness (QED) is 0.816. The second kappa shape index (κ2) is 6.75. The molecule has 0 aromatic carbocycles. The molecule has 3 rings (SSSR count). The third-order valence-corrected chi connectivity index (χ3v) is 4.37. The van der Waals surface area contributed by atoms with Crippen LogP contribution < -0.4 is 4.90 Å². The lowest BCUT2D eigenvalue weighted by atomic mass is 9.95. The third-order valence-electron chi connectivity index (χ3n) is 4.37. The zero-order valence-electron chi connectivity index (χ0n) is 12.6. The molecule has 1 aromatic rings. The molecule has 1 amide bonds. The van der Waals surface area contributed by atoms with Crippen LogP contribution in [0, 0.1) is 17.2 Å². The number of nitriles is 1. The minimum Gasteiger partial charge on any atom is -0.378 e. The first kappa shape index (κ1) is 14.8. The molecule has 0 spiro atoms. The van der Waals surface area contributed by atoms with Gasteiger partial charge in [-0.2, -0.15) is 5.26 Å². The topological polar surface area (TPSA) is 69.5 Å². The van der Waals surface area contributed by atoms with E-state index in [1.807, 2.05) is 11.0 Å². The summed E-state index contributed by atoms with van der Waals surface area (Å²) >= 11 is 0. The fourth-order valence-corrected chi connectivity index (χ4v) is 3.04. The smallest absolute Gasteiger partial charge is 0.225 e. The Labute approximate surface area is 130 Å². The van der Waals surface area contributed by atoms with Crippen molar-refractivity contribution in [3.05, 3.63) is 23.9 Å². The van der Waals surface area contributed by atoms with Gasteiger partial charge in [-0.05, 0) is 25.0 Å². The van der Waals surface area contributed by atoms with Crippen LogP contribution in [0.4, 0.5) is 5.82 Å². The second-order valence-corrected chi connectivity index (χ2v) is 5.72. The van der Waals surface area contributed by atoms with E-state index in [2.05, 4.69) is 16.0 Å². The first-order valence-electron chi connectivity index (χ1n) is 7.75. The molecule has 2 aliphatic rings. The van der Waals surface area contributed by atoms with Crippen LogP contribution in [0.1, 0.15) is 18.4 Å². The lowest BCUT2D eigenvalue weighted by Crippen LogP contribution is -2.46. The maximum absolute atomic E-state index is 12.5. The molecule has 22 heavy (non-hydrogen) atoms. The molecule has 6 heteroatoms. The summed E-state index contributed by atoms with van der Waals surface area (Å²) in [4.78, 5) is 20.9. The lowest BCUT2D eigenvalue weighted by molar-refractivity contribution is -0.140. The first-order valence-corrected chi connectivity index (χ1v) is 7.75. The highest BCUT2D eigenvalue weighted by Gasteiger charge is 2.29. The van der Waals surface area contributed by atoms with Crippen molar-refractivity contribution in [2.24, 2.45) is 5.92 Å². The van der Waals surface area contributed by atoms with Crippen molar-refractivity contribution in [3.63, 3.8) is 0 Å². The third kappa shape index (κ3) is 3.20. The van der Waals surface area contributed by atoms with E-state index in [1.54, 1.807) is 12.3 Å². The first-order chi connectivity index (χ1) is 10.8. The van der Waals surface area contributed by atoms with Crippen molar-refractivity contribution in [1.29, 1.82) is 5.26 Å². The summed E-state index contributed by atoms with van der Waals surface area (Å²) in [5, 5.41) is 8.80. The van der Waals surface area contributed by atoms with E-state index >= 15 is 0 Å². The van der Waals surface area contributed by atoms with Gasteiger partial charge in [0.05, 0.1) is 18.8 Å². The Balaban J connectivity index is 1.55. The Morgan fingerprint density at radius 2 is 1.95 bits per heavy atom. The van der Waals surface area contributed by atoms with Crippen LogP contribution in [0.5, 0.6) is 0 Å². The fraction of sp³-hybridized carbons (Fsp3) is 0.562. The molecule has 0 bridgehead atoms. The van der Waals surface area contributed by atoms with E-state index < -0.39 is 0 Å². The maximum atomic E-state index is 12.5. The van der Waals surface area contributed by atoms with Crippen LogP contribution in [0.2, 0.25) is 0 Å². The van der Waals surface area contributed by atoms with Crippen LogP contribution in [-0.2, 0) is 9.53 Å². The van der Waals surface area contributed by atoms with E-state index in [1.165, 1.54) is 0 Å². The number of piperidine rings is 1. The largest absolute Gasteiger partial charge is 0.378 e. The molecule has 2 aliphatic heterocycles. The molecular weight excluding hydrogens is 280 g/mol. The molecule has 0 radical (unpaired) electrons. The van der Waals surface area contributed by atoms with Crippen LogP contribution in [0.25, 0.3) is 0 Å². The predicted molar refractivity (Wildman–Crippen MR) is 81.3 cm³/mol. The SMILES string of the molecule is N#Cc1ccc(N2CCC(C(=O)N3CCOCC3)CC2)nc1. The fourth-order valence-electron chi connectivity index (χ4n) is 3.04. The van der Waals surface area contributed by atoms with Crippen molar-refractivity contribution in [3.8, 4) is 6.07 Å². The second-order valence-electron chi connectivity index (χ2n) is 5.72. The molecule has 0 N–H and O–H groups in total. The molecule has 6 nitrogen and oxygen atoms in total. The minimum atomic E-state index is 0.118. The molecule has 2 saturated heterocycles. The molecule has 1 aromatic heterocycles. The van der Waals surface area contributed by atoms with Gasteiger partial charge in [0, 0.05) is 38.3 Å². The number of carbonyl (C=O) groups excluding carboxylic acids is 1. The average molecular weight is 300 g/mol. The van der Waals surface area contributed by atoms with Gasteiger partial charge in [0.2, 0.25) is 5.91 Å². The maximum Gasteiger partial charge on any atom is 0.225 e. The summed E-state index contributed by atoms with van der Waals surface area (Å²) in [5.74, 6) is 1.28. The molecule has 116 valence electrons. The molecule has 3 heterocycles. The van der Waals surface area contributed by atoms with Gasteiger partial charge in [-0.1, -0.05) is 0 Å². The number of nitrogens with zero attached hydrogens (tertiary/aromatic N) is 4. The number of hydrogen-bond donors (Lipinski definition) is 0. The zero-order chi connectivity index (χ0) is 15.4. The standard InChI is InChI=1S/C16H20N4O2/c17-11-13-1-2-15(18-12-13)19-5-3-14(4-6-19)16(21)20-7-9-22-10-8-20/h1-2,12,14H,3-10H2. The molecule has 0 unspecified atom stereocenters. The van der Waals surface area contributed by atoms with E-state index in [9.17, 15) is 4.79 Å². The highest BCUT2D eigenvalue weighted by atomic mass is 16.5. The predicted octanol–water partition coefficient (Wildman–Crippen LogP) is 1.03. The average Bonchev–Trinajstić information content (AvgIpc) is 2.62. The monoisotopic (exact) mass is 300 g/mol. The zero-order valence-corrected chi connectivity index (χ0v) is 12.6. The van der Waals surface area contributed by atoms with Crippen molar-refractivity contribution >= 4 is 11.7 Å². The van der Waals surface area contributed by atoms with Crippen molar-refractivity contribution < 1.29 is 9.53 Å². The number of carbonyl (C=O) groups is 1. The molecular formula is C16H20N4O2. The van der Waals surface area contributed by atoms with Crippen molar-refractivity contribution in [2.75, 3.05) is 44.3 Å². The summed E-state index contributed by atoms with van der Waals surface area (Å²) < 4.78 is 5.30. The number of pyridine rings is 1. The van der Waals surface area contributed by atoms with Gasteiger partial charge < -0.3 is 14.5 Å². The Hall–Kier alpha value is -2.13. The van der Waals surface area contributed by atoms with Gasteiger partial charge in [0.25, 0.3) is 0 Å². The van der Waals surface area contributed by atoms with Crippen LogP contribution >= 0.6 is 0 Å². The summed E-state index contributed by atoms with van der Waals surface area (Å²) in [6.45, 7) is 4.41. The summed E-state index contributed by atoms with van der Waals surface area (Å²) in [5.41, 5.74) is 0.570. The van der Waals surface area contributed by atoms with E-state index in [0.29, 0.717) is 18.8 Å². The number of hydrogen-bond acceptors (Lipinski definition) is 5. The number of amides is 1. The van der Waals surface area contributed by atoms with Gasteiger partial charge in [-0.3, -0.25) is 4.79 Å². The molecule has 0 saturated carbocycles. The minimum absolute atomic E-state index is 0.118. The Morgan fingerprint density at radius 3 is 2.55 bits per heavy atom. The van der Waals surface area contributed by atoms with E-state index in [-0.39, 0.29) is 11.8 Å². The normalized spacial score (nSPS) is 19.8. The highest BCUT2D eigenvalue weighted by Crippen LogP contribution is 2.23. The summed E-state index contributed by atoms with van der Waals surface area (Å²) in [6.07, 6.45) is 3.32. The number of morpholine rings is 1. The molecule has 2 fully saturated rings. The van der Waals surface area contributed by atoms with Crippen LogP contribution in [-0.4, -0.2) is 55.2 Å². The van der Waals surface area contributed by atoms with Crippen LogP contribution in [0.3, 0.4) is 0 Å². The van der Waals surface area contributed by atoms with Crippen molar-refractivity contribution in [1.82, 2.24) is 9.88 Å². The van der Waals surface area contributed by atoms with Gasteiger partial charge in [0.1, 0.15) is 11.9 Å². The number of anilines is 1.